The van der Waals surface area contributed by atoms with Gasteiger partial charge in [-0.3, -0.25) is 4.79 Å². The SMILES string of the molecule is COCCN(c1nc(C(C)(C)C)c(C=O)s1)C1CC1. The van der Waals surface area contributed by atoms with Crippen molar-refractivity contribution in [2.45, 2.75) is 45.1 Å². The lowest BCUT2D eigenvalue weighted by Crippen LogP contribution is -2.29. The van der Waals surface area contributed by atoms with E-state index in [4.69, 9.17) is 9.72 Å². The molecule has 1 aromatic heterocycles. The Morgan fingerprint density at radius 1 is 1.47 bits per heavy atom. The first-order valence-electron chi connectivity index (χ1n) is 6.69. The quantitative estimate of drug-likeness (QED) is 0.752. The molecule has 0 atom stereocenters. The van der Waals surface area contributed by atoms with Gasteiger partial charge in [0, 0.05) is 25.1 Å². The Bertz CT molecular complexity index is 447. The van der Waals surface area contributed by atoms with Crippen LogP contribution in [0, 0.1) is 0 Å². The molecule has 0 spiro atoms. The predicted octanol–water partition coefficient (Wildman–Crippen LogP) is 2.87. The number of aromatic nitrogens is 1. The molecule has 0 aromatic carbocycles. The molecular formula is C14H22N2O2S. The van der Waals surface area contributed by atoms with Crippen LogP contribution in [0.2, 0.25) is 0 Å². The lowest BCUT2D eigenvalue weighted by atomic mass is 9.91. The third kappa shape index (κ3) is 3.34. The highest BCUT2D eigenvalue weighted by molar-refractivity contribution is 7.17. The van der Waals surface area contributed by atoms with Crippen LogP contribution in [0.25, 0.3) is 0 Å². The number of methoxy groups -OCH3 is 1. The second kappa shape index (κ2) is 5.59. The number of ether oxygens (including phenoxy) is 1. The Morgan fingerprint density at radius 3 is 2.58 bits per heavy atom. The number of hydrogen-bond acceptors (Lipinski definition) is 5. The van der Waals surface area contributed by atoms with E-state index in [1.54, 1.807) is 7.11 Å². The summed E-state index contributed by atoms with van der Waals surface area (Å²) in [6, 6.07) is 0.577. The minimum Gasteiger partial charge on any atom is -0.383 e. The first-order chi connectivity index (χ1) is 8.97. The van der Waals surface area contributed by atoms with Crippen molar-refractivity contribution in [3.05, 3.63) is 10.6 Å². The minimum atomic E-state index is -0.0958. The number of carbonyl (C=O) groups is 1. The van der Waals surface area contributed by atoms with Gasteiger partial charge < -0.3 is 9.64 Å². The largest absolute Gasteiger partial charge is 0.383 e. The molecule has 1 aliphatic rings. The van der Waals surface area contributed by atoms with Crippen LogP contribution in [0.1, 0.15) is 49.0 Å². The van der Waals surface area contributed by atoms with Gasteiger partial charge in [0.1, 0.15) is 0 Å². The minimum absolute atomic E-state index is 0.0958. The van der Waals surface area contributed by atoms with Crippen LogP contribution in [0.15, 0.2) is 0 Å². The summed E-state index contributed by atoms with van der Waals surface area (Å²) in [5, 5.41) is 0.964. The van der Waals surface area contributed by atoms with Gasteiger partial charge in [-0.1, -0.05) is 32.1 Å². The monoisotopic (exact) mass is 282 g/mol. The van der Waals surface area contributed by atoms with E-state index in [9.17, 15) is 4.79 Å². The second-order valence-corrected chi connectivity index (χ2v) is 7.00. The van der Waals surface area contributed by atoms with Crippen molar-refractivity contribution in [3.63, 3.8) is 0 Å². The van der Waals surface area contributed by atoms with Crippen molar-refractivity contribution in [2.75, 3.05) is 25.2 Å². The molecule has 0 amide bonds. The van der Waals surface area contributed by atoms with Crippen molar-refractivity contribution >= 4 is 22.8 Å². The second-order valence-electron chi connectivity index (χ2n) is 5.99. The Morgan fingerprint density at radius 2 is 2.16 bits per heavy atom. The zero-order valence-electron chi connectivity index (χ0n) is 12.1. The molecule has 0 bridgehead atoms. The molecule has 0 N–H and O–H groups in total. The highest BCUT2D eigenvalue weighted by Gasteiger charge is 2.32. The van der Waals surface area contributed by atoms with Gasteiger partial charge in [0.25, 0.3) is 0 Å². The van der Waals surface area contributed by atoms with E-state index >= 15 is 0 Å². The topological polar surface area (TPSA) is 42.4 Å². The number of carbonyl (C=O) groups excluding carboxylic acids is 1. The van der Waals surface area contributed by atoms with E-state index in [0.29, 0.717) is 12.6 Å². The third-order valence-corrected chi connectivity index (χ3v) is 4.25. The van der Waals surface area contributed by atoms with Gasteiger partial charge in [-0.05, 0) is 12.8 Å². The lowest BCUT2D eigenvalue weighted by Gasteiger charge is -2.21. The highest BCUT2D eigenvalue weighted by Crippen LogP contribution is 2.37. The number of thiazole rings is 1. The molecule has 19 heavy (non-hydrogen) atoms. The van der Waals surface area contributed by atoms with E-state index in [1.807, 2.05) is 0 Å². The molecule has 0 radical (unpaired) electrons. The van der Waals surface area contributed by atoms with Crippen LogP contribution in [-0.4, -0.2) is 37.6 Å². The molecule has 4 nitrogen and oxygen atoms in total. The lowest BCUT2D eigenvalue weighted by molar-refractivity contribution is 0.112. The molecule has 106 valence electrons. The van der Waals surface area contributed by atoms with Crippen molar-refractivity contribution in [2.24, 2.45) is 0 Å². The third-order valence-electron chi connectivity index (χ3n) is 3.23. The summed E-state index contributed by atoms with van der Waals surface area (Å²) in [7, 11) is 1.71. The molecule has 1 aromatic rings. The molecule has 1 fully saturated rings. The number of nitrogens with zero attached hydrogens (tertiary/aromatic N) is 2. The van der Waals surface area contributed by atoms with Crippen molar-refractivity contribution < 1.29 is 9.53 Å². The maximum absolute atomic E-state index is 11.2. The van der Waals surface area contributed by atoms with Crippen LogP contribution in [0.5, 0.6) is 0 Å². The summed E-state index contributed by atoms with van der Waals surface area (Å²) in [6.07, 6.45) is 3.36. The Kier molecular flexibility index (Phi) is 4.26. The standard InChI is InChI=1S/C14H22N2O2S/c1-14(2,3)12-11(9-17)19-13(15-12)16(7-8-18-4)10-5-6-10/h9-10H,5-8H2,1-4H3. The van der Waals surface area contributed by atoms with Crippen molar-refractivity contribution in [1.29, 1.82) is 0 Å². The van der Waals surface area contributed by atoms with Crippen molar-refractivity contribution in [3.8, 4) is 0 Å². The summed E-state index contributed by atoms with van der Waals surface area (Å²) >= 11 is 1.50. The van der Waals surface area contributed by atoms with Crippen LogP contribution in [-0.2, 0) is 10.2 Å². The maximum Gasteiger partial charge on any atom is 0.186 e. The van der Waals surface area contributed by atoms with Gasteiger partial charge in [0.05, 0.1) is 17.2 Å². The van der Waals surface area contributed by atoms with E-state index in [2.05, 4.69) is 25.7 Å². The zero-order chi connectivity index (χ0) is 14.0. The molecule has 5 heteroatoms. The average Bonchev–Trinajstić information content (AvgIpc) is 3.07. The van der Waals surface area contributed by atoms with Gasteiger partial charge >= 0.3 is 0 Å². The summed E-state index contributed by atoms with van der Waals surface area (Å²) in [5.41, 5.74) is 0.812. The number of hydrogen-bond donors (Lipinski definition) is 0. The maximum atomic E-state index is 11.2. The van der Waals surface area contributed by atoms with Gasteiger partial charge in [-0.25, -0.2) is 4.98 Å². The fourth-order valence-electron chi connectivity index (χ4n) is 2.07. The number of rotatable bonds is 6. The van der Waals surface area contributed by atoms with Gasteiger partial charge in [0.15, 0.2) is 11.4 Å². The molecule has 0 unspecified atom stereocenters. The van der Waals surface area contributed by atoms with Crippen LogP contribution in [0.3, 0.4) is 0 Å². The van der Waals surface area contributed by atoms with Crippen LogP contribution in [0.4, 0.5) is 5.13 Å². The fraction of sp³-hybridized carbons (Fsp3) is 0.714. The van der Waals surface area contributed by atoms with E-state index < -0.39 is 0 Å². The first-order valence-corrected chi connectivity index (χ1v) is 7.51. The smallest absolute Gasteiger partial charge is 0.186 e. The molecule has 0 saturated heterocycles. The fourth-order valence-corrected chi connectivity index (χ4v) is 3.26. The normalized spacial score (nSPS) is 15.6. The summed E-state index contributed by atoms with van der Waals surface area (Å²) in [4.78, 5) is 19.0. The van der Waals surface area contributed by atoms with E-state index in [-0.39, 0.29) is 5.41 Å². The molecule has 2 rings (SSSR count). The zero-order valence-corrected chi connectivity index (χ0v) is 12.9. The number of anilines is 1. The summed E-state index contributed by atoms with van der Waals surface area (Å²) in [6.45, 7) is 7.81. The van der Waals surface area contributed by atoms with Gasteiger partial charge in [0.2, 0.25) is 0 Å². The molecule has 0 aliphatic heterocycles. The molecule has 1 heterocycles. The van der Waals surface area contributed by atoms with Gasteiger partial charge in [-0.15, -0.1) is 0 Å². The summed E-state index contributed by atoms with van der Waals surface area (Å²) in [5.74, 6) is 0. The Balaban J connectivity index is 2.27. The van der Waals surface area contributed by atoms with E-state index in [1.165, 1.54) is 24.2 Å². The average molecular weight is 282 g/mol. The molecule has 1 saturated carbocycles. The molecular weight excluding hydrogens is 260 g/mol. The Labute approximate surface area is 118 Å². The number of aldehydes is 1. The highest BCUT2D eigenvalue weighted by atomic mass is 32.1. The van der Waals surface area contributed by atoms with Crippen molar-refractivity contribution in [1.82, 2.24) is 4.98 Å². The summed E-state index contributed by atoms with van der Waals surface area (Å²) < 4.78 is 5.17. The van der Waals surface area contributed by atoms with Crippen LogP contribution < -0.4 is 4.90 Å². The first kappa shape index (κ1) is 14.5. The predicted molar refractivity (Wildman–Crippen MR) is 78.4 cm³/mol. The van der Waals surface area contributed by atoms with Gasteiger partial charge in [-0.2, -0.15) is 0 Å². The Hall–Kier alpha value is -0.940. The molecule has 1 aliphatic carbocycles. The van der Waals surface area contributed by atoms with E-state index in [0.717, 1.165) is 28.5 Å². The van der Waals surface area contributed by atoms with Crippen LogP contribution >= 0.6 is 11.3 Å².